The van der Waals surface area contributed by atoms with E-state index in [2.05, 4.69) is 24.6 Å². The van der Waals surface area contributed by atoms with Crippen molar-refractivity contribution in [1.29, 1.82) is 0 Å². The van der Waals surface area contributed by atoms with Gasteiger partial charge in [0.15, 0.2) is 0 Å². The quantitative estimate of drug-likeness (QED) is 0.534. The van der Waals surface area contributed by atoms with Gasteiger partial charge < -0.3 is 0 Å². The third-order valence-corrected chi connectivity index (χ3v) is 2.72. The molecular weight excluding hydrogens is 127 g/mol. The van der Waals surface area contributed by atoms with E-state index in [9.17, 15) is 0 Å². The van der Waals surface area contributed by atoms with E-state index in [0.29, 0.717) is 0 Å². The molecular formula is C10H17Li. The van der Waals surface area contributed by atoms with Gasteiger partial charge in [0.2, 0.25) is 0 Å². The second kappa shape index (κ2) is 5.07. The Hall–Kier alpha value is 0.337. The predicted molar refractivity (Wildman–Crippen MR) is 50.8 cm³/mol. The Morgan fingerprint density at radius 1 is 1.27 bits per heavy atom. The molecule has 0 aliphatic heterocycles. The zero-order valence-corrected chi connectivity index (χ0v) is 7.95. The van der Waals surface area contributed by atoms with Gasteiger partial charge in [-0.1, -0.05) is 0 Å². The molecule has 0 nitrogen and oxygen atoms in total. The molecule has 58 valence electrons. The first-order valence-corrected chi connectivity index (χ1v) is 5.02. The zero-order chi connectivity index (χ0) is 8.10. The third kappa shape index (κ3) is 3.05. The van der Waals surface area contributed by atoms with Gasteiger partial charge in [-0.25, -0.2) is 0 Å². The molecule has 0 aromatic carbocycles. The molecule has 11 heavy (non-hydrogen) atoms. The summed E-state index contributed by atoms with van der Waals surface area (Å²) in [6.45, 7) is 2.28. The first-order valence-electron chi connectivity index (χ1n) is 5.02. The normalized spacial score (nSPS) is 19.2. The van der Waals surface area contributed by atoms with E-state index >= 15 is 0 Å². The van der Waals surface area contributed by atoms with Crippen LogP contribution in [0.1, 0.15) is 51.9 Å². The van der Waals surface area contributed by atoms with Crippen LogP contribution >= 0.6 is 0 Å². The first kappa shape index (κ1) is 9.43. The Balaban J connectivity index is 2.39. The van der Waals surface area contributed by atoms with Gasteiger partial charge in [-0.2, -0.15) is 0 Å². The molecule has 0 aromatic rings. The summed E-state index contributed by atoms with van der Waals surface area (Å²) in [4.78, 5) is 0. The van der Waals surface area contributed by atoms with Crippen LogP contribution in [0.5, 0.6) is 0 Å². The van der Waals surface area contributed by atoms with Crippen molar-refractivity contribution in [2.45, 2.75) is 51.9 Å². The maximum atomic E-state index is 2.32. The first-order chi connectivity index (χ1) is 5.34. The van der Waals surface area contributed by atoms with Crippen molar-refractivity contribution >= 4 is 17.7 Å². The zero-order valence-electron chi connectivity index (χ0n) is 7.95. The predicted octanol–water partition coefficient (Wildman–Crippen LogP) is 3.17. The van der Waals surface area contributed by atoms with Crippen LogP contribution in [-0.2, 0) is 0 Å². The van der Waals surface area contributed by atoms with Gasteiger partial charge in [0, 0.05) is 0 Å². The minimum absolute atomic E-state index is 1.34. The molecule has 0 heterocycles. The molecule has 0 bridgehead atoms. The fourth-order valence-electron chi connectivity index (χ4n) is 1.85. The molecule has 0 fully saturated rings. The van der Waals surface area contributed by atoms with E-state index in [4.69, 9.17) is 0 Å². The molecule has 1 aliphatic carbocycles. The van der Waals surface area contributed by atoms with Crippen molar-refractivity contribution in [3.63, 3.8) is 0 Å². The second-order valence-electron chi connectivity index (χ2n) is 3.69. The van der Waals surface area contributed by atoms with E-state index in [1.54, 1.807) is 9.82 Å². The van der Waals surface area contributed by atoms with Crippen molar-refractivity contribution in [2.75, 3.05) is 0 Å². The van der Waals surface area contributed by atoms with Gasteiger partial charge in [-0.05, 0) is 0 Å². The van der Waals surface area contributed by atoms with Gasteiger partial charge in [0.1, 0.15) is 0 Å². The van der Waals surface area contributed by atoms with Crippen molar-refractivity contribution in [1.82, 2.24) is 0 Å². The van der Waals surface area contributed by atoms with Crippen molar-refractivity contribution in [3.05, 3.63) is 9.82 Å². The summed E-state index contributed by atoms with van der Waals surface area (Å²) in [5.41, 5.74) is 1.78. The fraction of sp³-hybridized carbons (Fsp3) is 0.800. The van der Waals surface area contributed by atoms with Crippen LogP contribution < -0.4 is 0 Å². The summed E-state index contributed by atoms with van der Waals surface area (Å²) in [5.74, 6) is 0. The molecule has 0 N–H and O–H groups in total. The summed E-state index contributed by atoms with van der Waals surface area (Å²) in [5, 5.41) is 0. The number of unbranched alkanes of at least 4 members (excludes halogenated alkanes) is 1. The van der Waals surface area contributed by atoms with Crippen LogP contribution in [0.15, 0.2) is 9.82 Å². The topological polar surface area (TPSA) is 0 Å². The number of hydrogen-bond acceptors (Lipinski definition) is 0. The molecule has 0 saturated heterocycles. The molecule has 1 rings (SSSR count). The van der Waals surface area contributed by atoms with Crippen molar-refractivity contribution < 1.29 is 0 Å². The van der Waals surface area contributed by atoms with Gasteiger partial charge in [-0.15, -0.1) is 0 Å². The van der Waals surface area contributed by atoms with E-state index in [1.165, 1.54) is 44.9 Å². The Morgan fingerprint density at radius 2 is 2.00 bits per heavy atom. The molecule has 0 unspecified atom stereocenters. The SMILES string of the molecule is [Li][C]1=C(CCCC)CCCC1. The van der Waals surface area contributed by atoms with Crippen molar-refractivity contribution in [3.8, 4) is 0 Å². The standard InChI is InChI=1S/C10H17.Li/c1-2-3-7-10-8-5-4-6-9-10;/h2-8H2,1H3;. The van der Waals surface area contributed by atoms with Gasteiger partial charge in [0.25, 0.3) is 0 Å². The molecule has 0 radical (unpaired) electrons. The maximum absolute atomic E-state index is 2.32. The van der Waals surface area contributed by atoms with E-state index < -0.39 is 0 Å². The van der Waals surface area contributed by atoms with Crippen LogP contribution in [0, 0.1) is 0 Å². The molecule has 0 atom stereocenters. The van der Waals surface area contributed by atoms with Crippen LogP contribution in [-0.4, -0.2) is 17.7 Å². The van der Waals surface area contributed by atoms with Crippen LogP contribution in [0.3, 0.4) is 0 Å². The van der Waals surface area contributed by atoms with Crippen LogP contribution in [0.2, 0.25) is 0 Å². The van der Waals surface area contributed by atoms with E-state index in [1.807, 2.05) is 0 Å². The van der Waals surface area contributed by atoms with Gasteiger partial charge in [-0.3, -0.25) is 0 Å². The molecule has 0 amide bonds. The summed E-state index contributed by atoms with van der Waals surface area (Å²) < 4.78 is 1.70. The summed E-state index contributed by atoms with van der Waals surface area (Å²) >= 11 is 2.32. The number of allylic oxidation sites excluding steroid dienone is 2. The molecule has 0 saturated carbocycles. The minimum atomic E-state index is 1.34. The third-order valence-electron chi connectivity index (χ3n) is 2.72. The summed E-state index contributed by atoms with van der Waals surface area (Å²) in [7, 11) is 0. The Kier molecular flexibility index (Phi) is 4.34. The van der Waals surface area contributed by atoms with E-state index in [0.717, 1.165) is 0 Å². The Morgan fingerprint density at radius 3 is 2.64 bits per heavy atom. The van der Waals surface area contributed by atoms with Gasteiger partial charge in [0.05, 0.1) is 0 Å². The average molecular weight is 144 g/mol. The Labute approximate surface area is 79.7 Å². The summed E-state index contributed by atoms with van der Waals surface area (Å²) in [6.07, 6.45) is 9.76. The number of hydrogen-bond donors (Lipinski definition) is 0. The Bertz CT molecular complexity index is 147. The fourth-order valence-corrected chi connectivity index (χ4v) is 1.85. The molecule has 0 spiro atoms. The molecule has 0 aromatic heterocycles. The monoisotopic (exact) mass is 144 g/mol. The molecule has 1 aliphatic rings. The average Bonchev–Trinajstić information content (AvgIpc) is 2.03. The molecule has 1 heteroatoms. The van der Waals surface area contributed by atoms with Crippen molar-refractivity contribution in [2.24, 2.45) is 0 Å². The number of rotatable bonds is 3. The van der Waals surface area contributed by atoms with Gasteiger partial charge >= 0.3 is 79.4 Å². The van der Waals surface area contributed by atoms with E-state index in [-0.39, 0.29) is 0 Å². The summed E-state index contributed by atoms with van der Waals surface area (Å²) in [6, 6.07) is 0. The van der Waals surface area contributed by atoms with Crippen LogP contribution in [0.25, 0.3) is 0 Å². The second-order valence-corrected chi connectivity index (χ2v) is 3.69. The van der Waals surface area contributed by atoms with Crippen LogP contribution in [0.4, 0.5) is 0 Å².